The van der Waals surface area contributed by atoms with Crippen LogP contribution in [0.4, 0.5) is 22.0 Å². The Morgan fingerprint density at radius 3 is 2.24 bits per heavy atom. The standard InChI is InChI=1S/C18H11F5N4O2/c19-17(20,21)18(22,23)29-15-7-5-14(6-8-15)27-10-25-16(26-27)13-3-1-12(2-4-13)9-24-11-28/h1-8,10H,9H2. The number of hydrogen-bond donors (Lipinski definition) is 0. The number of benzene rings is 2. The minimum atomic E-state index is -5.82. The van der Waals surface area contributed by atoms with Gasteiger partial charge in [0.1, 0.15) is 12.1 Å². The van der Waals surface area contributed by atoms with Crippen LogP contribution in [0.2, 0.25) is 0 Å². The van der Waals surface area contributed by atoms with Gasteiger partial charge in [-0.3, -0.25) is 0 Å². The summed E-state index contributed by atoms with van der Waals surface area (Å²) in [5.74, 6) is -0.288. The zero-order chi connectivity index (χ0) is 21.1. The van der Waals surface area contributed by atoms with Crippen molar-refractivity contribution in [2.45, 2.75) is 18.8 Å². The van der Waals surface area contributed by atoms with Crippen LogP contribution in [-0.2, 0) is 11.3 Å². The van der Waals surface area contributed by atoms with Gasteiger partial charge in [-0.2, -0.15) is 22.0 Å². The number of nitrogens with zero attached hydrogens (tertiary/aromatic N) is 4. The van der Waals surface area contributed by atoms with Crippen LogP contribution in [0.25, 0.3) is 17.1 Å². The first-order valence-electron chi connectivity index (χ1n) is 7.98. The first kappa shape index (κ1) is 20.2. The number of halogens is 5. The molecule has 0 atom stereocenters. The smallest absolute Gasteiger partial charge is 0.426 e. The summed E-state index contributed by atoms with van der Waals surface area (Å²) < 4.78 is 67.5. The molecule has 0 aliphatic heterocycles. The molecule has 150 valence electrons. The van der Waals surface area contributed by atoms with Crippen LogP contribution in [0.1, 0.15) is 5.56 Å². The minimum absolute atomic E-state index is 0.202. The number of hydrogen-bond acceptors (Lipinski definition) is 5. The molecule has 0 saturated heterocycles. The summed E-state index contributed by atoms with van der Waals surface area (Å²) >= 11 is 0. The Hall–Kier alpha value is -3.59. The van der Waals surface area contributed by atoms with Crippen LogP contribution in [0.3, 0.4) is 0 Å². The van der Waals surface area contributed by atoms with E-state index in [0.29, 0.717) is 17.1 Å². The Balaban J connectivity index is 1.74. The summed E-state index contributed by atoms with van der Waals surface area (Å²) in [6, 6.07) is 11.4. The molecule has 11 heteroatoms. The van der Waals surface area contributed by atoms with E-state index in [2.05, 4.69) is 19.8 Å². The first-order chi connectivity index (χ1) is 13.7. The highest BCUT2D eigenvalue weighted by Crippen LogP contribution is 2.37. The molecule has 0 fully saturated rings. The van der Waals surface area contributed by atoms with E-state index < -0.39 is 18.0 Å². The van der Waals surface area contributed by atoms with E-state index in [1.54, 1.807) is 24.3 Å². The molecule has 0 radical (unpaired) electrons. The number of aliphatic imine (C=N–C) groups is 1. The lowest BCUT2D eigenvalue weighted by atomic mass is 10.1. The Morgan fingerprint density at radius 2 is 1.66 bits per heavy atom. The summed E-state index contributed by atoms with van der Waals surface area (Å²) in [7, 11) is 0. The molecule has 0 unspecified atom stereocenters. The van der Waals surface area contributed by atoms with Gasteiger partial charge in [0.25, 0.3) is 0 Å². The van der Waals surface area contributed by atoms with Crippen LogP contribution in [0.5, 0.6) is 5.75 Å². The van der Waals surface area contributed by atoms with E-state index in [4.69, 9.17) is 0 Å². The van der Waals surface area contributed by atoms with Crippen LogP contribution in [0.15, 0.2) is 59.9 Å². The zero-order valence-corrected chi connectivity index (χ0v) is 14.4. The van der Waals surface area contributed by atoms with E-state index in [9.17, 15) is 26.7 Å². The lowest BCUT2D eigenvalue weighted by Crippen LogP contribution is -2.41. The Morgan fingerprint density at radius 1 is 1.00 bits per heavy atom. The van der Waals surface area contributed by atoms with Crippen molar-refractivity contribution in [3.05, 3.63) is 60.4 Å². The lowest BCUT2D eigenvalue weighted by molar-refractivity contribution is -0.360. The molecule has 29 heavy (non-hydrogen) atoms. The topological polar surface area (TPSA) is 69.4 Å². The molecular formula is C18H11F5N4O2. The zero-order valence-electron chi connectivity index (χ0n) is 14.4. The predicted octanol–water partition coefficient (Wildman–Crippen LogP) is 4.30. The highest BCUT2D eigenvalue weighted by atomic mass is 19.4. The summed E-state index contributed by atoms with van der Waals surface area (Å²) in [6.45, 7) is 0.202. The number of aromatic nitrogens is 3. The Kier molecular flexibility index (Phi) is 5.42. The first-order valence-corrected chi connectivity index (χ1v) is 7.98. The van der Waals surface area contributed by atoms with E-state index in [1.165, 1.54) is 29.2 Å². The molecule has 0 spiro atoms. The van der Waals surface area contributed by atoms with Crippen molar-refractivity contribution in [1.29, 1.82) is 0 Å². The number of ether oxygens (including phenoxy) is 1. The van der Waals surface area contributed by atoms with Crippen molar-refractivity contribution in [1.82, 2.24) is 14.8 Å². The van der Waals surface area contributed by atoms with E-state index >= 15 is 0 Å². The molecule has 0 N–H and O–H groups in total. The molecule has 0 saturated carbocycles. The minimum Gasteiger partial charge on any atom is -0.426 e. The third kappa shape index (κ3) is 4.64. The molecule has 3 rings (SSSR count). The summed E-state index contributed by atoms with van der Waals surface area (Å²) in [5, 5.41) is 4.24. The number of rotatable bonds is 6. The quantitative estimate of drug-likeness (QED) is 0.345. The molecule has 1 heterocycles. The molecule has 0 amide bonds. The maximum absolute atomic E-state index is 12.9. The lowest BCUT2D eigenvalue weighted by Gasteiger charge is -2.20. The third-order valence-electron chi connectivity index (χ3n) is 3.71. The highest BCUT2D eigenvalue weighted by molar-refractivity contribution is 5.55. The second-order valence-electron chi connectivity index (χ2n) is 5.73. The van der Waals surface area contributed by atoms with Crippen molar-refractivity contribution in [3.63, 3.8) is 0 Å². The van der Waals surface area contributed by atoms with Gasteiger partial charge in [-0.1, -0.05) is 24.3 Å². The van der Waals surface area contributed by atoms with E-state index in [1.807, 2.05) is 0 Å². The molecule has 2 aromatic carbocycles. The van der Waals surface area contributed by atoms with Gasteiger partial charge >= 0.3 is 12.3 Å². The average molecular weight is 410 g/mol. The largest absolute Gasteiger partial charge is 0.499 e. The summed E-state index contributed by atoms with van der Waals surface area (Å²) in [4.78, 5) is 17.7. The average Bonchev–Trinajstić information content (AvgIpc) is 3.16. The molecule has 1 aromatic heterocycles. The maximum Gasteiger partial charge on any atom is 0.499 e. The van der Waals surface area contributed by atoms with Crippen molar-refractivity contribution in [2.24, 2.45) is 4.99 Å². The van der Waals surface area contributed by atoms with Crippen LogP contribution in [0, 0.1) is 0 Å². The van der Waals surface area contributed by atoms with Gasteiger partial charge in [0.15, 0.2) is 5.82 Å². The van der Waals surface area contributed by atoms with Gasteiger partial charge in [-0.05, 0) is 29.8 Å². The normalized spacial score (nSPS) is 11.8. The second kappa shape index (κ2) is 7.80. The fourth-order valence-corrected chi connectivity index (χ4v) is 2.28. The molecule has 3 aromatic rings. The van der Waals surface area contributed by atoms with Gasteiger partial charge in [-0.25, -0.2) is 19.5 Å². The molecule has 0 aliphatic carbocycles. The third-order valence-corrected chi connectivity index (χ3v) is 3.71. The van der Waals surface area contributed by atoms with Crippen molar-refractivity contribution in [2.75, 3.05) is 0 Å². The van der Waals surface area contributed by atoms with Gasteiger partial charge in [-0.15, -0.1) is 5.10 Å². The molecule has 0 bridgehead atoms. The van der Waals surface area contributed by atoms with Crippen molar-refractivity contribution >= 4 is 6.08 Å². The highest BCUT2D eigenvalue weighted by Gasteiger charge is 2.61. The monoisotopic (exact) mass is 410 g/mol. The van der Waals surface area contributed by atoms with Gasteiger partial charge in [0, 0.05) is 5.56 Å². The fourth-order valence-electron chi connectivity index (χ4n) is 2.28. The predicted molar refractivity (Wildman–Crippen MR) is 90.3 cm³/mol. The van der Waals surface area contributed by atoms with Crippen LogP contribution in [-0.4, -0.2) is 33.1 Å². The SMILES string of the molecule is O=C=NCc1ccc(-c2ncn(-c3ccc(OC(F)(F)C(F)(F)F)cc3)n2)cc1. The Bertz CT molecular complexity index is 1020. The van der Waals surface area contributed by atoms with Crippen molar-refractivity contribution < 1.29 is 31.5 Å². The number of carbonyl (C=O) groups excluding carboxylic acids is 1. The second-order valence-corrected chi connectivity index (χ2v) is 5.73. The Labute approximate surface area is 160 Å². The number of alkyl halides is 5. The molecule has 6 nitrogen and oxygen atoms in total. The van der Waals surface area contributed by atoms with Crippen LogP contribution >= 0.6 is 0 Å². The maximum atomic E-state index is 12.9. The summed E-state index contributed by atoms with van der Waals surface area (Å²) in [6.07, 6.45) is -8.30. The number of isocyanates is 1. The van der Waals surface area contributed by atoms with Crippen molar-refractivity contribution in [3.8, 4) is 22.8 Å². The molecular weight excluding hydrogens is 399 g/mol. The van der Waals surface area contributed by atoms with Crippen LogP contribution < -0.4 is 4.74 Å². The van der Waals surface area contributed by atoms with Gasteiger partial charge in [0.2, 0.25) is 6.08 Å². The van der Waals surface area contributed by atoms with Gasteiger partial charge < -0.3 is 4.74 Å². The summed E-state index contributed by atoms with van der Waals surface area (Å²) in [5.41, 5.74) is 1.85. The van der Waals surface area contributed by atoms with E-state index in [-0.39, 0.29) is 6.54 Å². The fraction of sp³-hybridized carbons (Fsp3) is 0.167. The van der Waals surface area contributed by atoms with Gasteiger partial charge in [0.05, 0.1) is 12.2 Å². The van der Waals surface area contributed by atoms with E-state index in [0.717, 1.165) is 17.7 Å². The molecule has 0 aliphatic rings.